The van der Waals surface area contributed by atoms with Gasteiger partial charge in [-0.2, -0.15) is 8.78 Å². The number of aryl methyl sites for hydroxylation is 1. The third-order valence-corrected chi connectivity index (χ3v) is 4.55. The highest BCUT2D eigenvalue weighted by molar-refractivity contribution is 5.84. The predicted molar refractivity (Wildman–Crippen MR) is 104 cm³/mol. The normalized spacial score (nSPS) is 11.4. The molecular weight excluding hydrogens is 384 g/mol. The lowest BCUT2D eigenvalue weighted by Gasteiger charge is -2.19. The highest BCUT2D eigenvalue weighted by atomic mass is 19.3. The van der Waals surface area contributed by atoms with Gasteiger partial charge >= 0.3 is 12.2 Å². The van der Waals surface area contributed by atoms with Gasteiger partial charge in [-0.25, -0.2) is 4.79 Å². The van der Waals surface area contributed by atoms with Crippen LogP contribution in [0.4, 0.5) is 8.78 Å². The number of rotatable bonds is 7. The van der Waals surface area contributed by atoms with Gasteiger partial charge in [0.1, 0.15) is 11.3 Å². The third kappa shape index (κ3) is 4.65. The minimum atomic E-state index is -2.93. The fourth-order valence-corrected chi connectivity index (χ4v) is 3.21. The van der Waals surface area contributed by atoms with E-state index in [4.69, 9.17) is 9.15 Å². The first-order valence-electron chi connectivity index (χ1n) is 8.84. The van der Waals surface area contributed by atoms with Gasteiger partial charge in [-0.05, 0) is 49.4 Å². The Morgan fingerprint density at radius 1 is 1.14 bits per heavy atom. The van der Waals surface area contributed by atoms with Gasteiger partial charge in [-0.15, -0.1) is 0 Å². The second-order valence-corrected chi connectivity index (χ2v) is 6.71. The van der Waals surface area contributed by atoms with Gasteiger partial charge in [-0.1, -0.05) is 6.07 Å². The van der Waals surface area contributed by atoms with Crippen molar-refractivity contribution in [2.75, 3.05) is 14.2 Å². The maximum atomic E-state index is 12.5. The number of fused-ring (bicyclic) bond motifs is 1. The summed E-state index contributed by atoms with van der Waals surface area (Å²) in [5.41, 5.74) is 1.95. The number of phenols is 1. The van der Waals surface area contributed by atoms with E-state index in [1.165, 1.54) is 19.2 Å². The quantitative estimate of drug-likeness (QED) is 0.598. The molecule has 8 heteroatoms. The first-order chi connectivity index (χ1) is 13.8. The monoisotopic (exact) mass is 405 g/mol. The van der Waals surface area contributed by atoms with Gasteiger partial charge < -0.3 is 19.0 Å². The Morgan fingerprint density at radius 3 is 2.59 bits per heavy atom. The molecule has 29 heavy (non-hydrogen) atoms. The molecule has 0 saturated carbocycles. The third-order valence-electron chi connectivity index (χ3n) is 4.55. The fourth-order valence-electron chi connectivity index (χ4n) is 3.21. The average Bonchev–Trinajstić information content (AvgIpc) is 2.65. The summed E-state index contributed by atoms with van der Waals surface area (Å²) in [4.78, 5) is 13.9. The standard InChI is InChI=1S/C21H21F2NO5/c1-12-16(25)6-5-15-14(9-19(26)29-20(12)15)11-24(2)10-13-4-7-17(28-21(22)23)18(8-13)27-3/h4-9,21,25H,10-11H2,1-3H3. The summed E-state index contributed by atoms with van der Waals surface area (Å²) >= 11 is 0. The number of methoxy groups -OCH3 is 1. The van der Waals surface area contributed by atoms with E-state index in [1.54, 1.807) is 31.2 Å². The number of phenolic OH excluding ortho intramolecular Hbond substituents is 1. The van der Waals surface area contributed by atoms with Crippen LogP contribution in [0.25, 0.3) is 11.0 Å². The first-order valence-corrected chi connectivity index (χ1v) is 8.84. The summed E-state index contributed by atoms with van der Waals surface area (Å²) in [5, 5.41) is 10.6. The molecule has 0 radical (unpaired) electrons. The van der Waals surface area contributed by atoms with E-state index in [0.717, 1.165) is 16.5 Å². The molecule has 0 aliphatic heterocycles. The van der Waals surface area contributed by atoms with Gasteiger partial charge in [0.2, 0.25) is 0 Å². The van der Waals surface area contributed by atoms with Crippen LogP contribution in [0.2, 0.25) is 0 Å². The highest BCUT2D eigenvalue weighted by Crippen LogP contribution is 2.31. The molecule has 0 unspecified atom stereocenters. The van der Waals surface area contributed by atoms with Crippen LogP contribution in [0.3, 0.4) is 0 Å². The molecule has 0 bridgehead atoms. The predicted octanol–water partition coefficient (Wildman–Crippen LogP) is 4.05. The van der Waals surface area contributed by atoms with Crippen molar-refractivity contribution in [3.05, 3.63) is 63.5 Å². The minimum absolute atomic E-state index is 0.0316. The summed E-state index contributed by atoms with van der Waals surface area (Å²) < 4.78 is 39.8. The molecule has 0 aliphatic rings. The van der Waals surface area contributed by atoms with Crippen LogP contribution in [0.1, 0.15) is 16.7 Å². The van der Waals surface area contributed by atoms with E-state index in [0.29, 0.717) is 24.2 Å². The Bertz CT molecular complexity index is 1080. The number of ether oxygens (including phenoxy) is 2. The van der Waals surface area contributed by atoms with Crippen LogP contribution in [0.5, 0.6) is 17.2 Å². The summed E-state index contributed by atoms with van der Waals surface area (Å²) in [6, 6.07) is 9.45. The Labute approximate surface area is 165 Å². The number of benzene rings is 2. The number of aromatic hydroxyl groups is 1. The SMILES string of the molecule is COc1cc(CN(C)Cc2cc(=O)oc3c(C)c(O)ccc23)ccc1OC(F)F. The van der Waals surface area contributed by atoms with Crippen LogP contribution in [0, 0.1) is 6.92 Å². The molecule has 1 heterocycles. The molecule has 154 valence electrons. The maximum absolute atomic E-state index is 12.5. The molecule has 2 aromatic carbocycles. The molecule has 3 aromatic rings. The van der Waals surface area contributed by atoms with Crippen molar-refractivity contribution in [1.82, 2.24) is 4.90 Å². The highest BCUT2D eigenvalue weighted by Gasteiger charge is 2.14. The van der Waals surface area contributed by atoms with Crippen molar-refractivity contribution < 1.29 is 27.8 Å². The molecule has 6 nitrogen and oxygen atoms in total. The zero-order chi connectivity index (χ0) is 21.1. The van der Waals surface area contributed by atoms with E-state index >= 15 is 0 Å². The number of hydrogen-bond donors (Lipinski definition) is 1. The summed E-state index contributed by atoms with van der Waals surface area (Å²) in [7, 11) is 3.25. The van der Waals surface area contributed by atoms with E-state index in [2.05, 4.69) is 4.74 Å². The van der Waals surface area contributed by atoms with Crippen LogP contribution in [-0.2, 0) is 13.1 Å². The molecule has 1 aromatic heterocycles. The van der Waals surface area contributed by atoms with Crippen molar-refractivity contribution in [3.63, 3.8) is 0 Å². The molecule has 0 fully saturated rings. The van der Waals surface area contributed by atoms with E-state index in [-0.39, 0.29) is 17.2 Å². The summed E-state index contributed by atoms with van der Waals surface area (Å²) in [5.74, 6) is 0.244. The van der Waals surface area contributed by atoms with Gasteiger partial charge in [0.25, 0.3) is 0 Å². The van der Waals surface area contributed by atoms with Crippen molar-refractivity contribution in [2.45, 2.75) is 26.6 Å². The molecule has 1 N–H and O–H groups in total. The van der Waals surface area contributed by atoms with Crippen LogP contribution >= 0.6 is 0 Å². The number of hydrogen-bond acceptors (Lipinski definition) is 6. The second-order valence-electron chi connectivity index (χ2n) is 6.71. The zero-order valence-electron chi connectivity index (χ0n) is 16.2. The smallest absolute Gasteiger partial charge is 0.387 e. The lowest BCUT2D eigenvalue weighted by Crippen LogP contribution is -2.18. The summed E-state index contributed by atoms with van der Waals surface area (Å²) in [6.45, 7) is -0.337. The Kier molecular flexibility index (Phi) is 6.03. The minimum Gasteiger partial charge on any atom is -0.508 e. The Morgan fingerprint density at radius 2 is 1.90 bits per heavy atom. The van der Waals surface area contributed by atoms with Crippen LogP contribution in [0.15, 0.2) is 45.6 Å². The largest absolute Gasteiger partial charge is 0.508 e. The van der Waals surface area contributed by atoms with Crippen molar-refractivity contribution >= 4 is 11.0 Å². The van der Waals surface area contributed by atoms with Crippen LogP contribution < -0.4 is 15.1 Å². The fraction of sp³-hybridized carbons (Fsp3) is 0.286. The Balaban J connectivity index is 1.84. The van der Waals surface area contributed by atoms with Gasteiger partial charge in [0.15, 0.2) is 11.5 Å². The molecule has 0 aliphatic carbocycles. The van der Waals surface area contributed by atoms with Gasteiger partial charge in [0.05, 0.1) is 7.11 Å². The van der Waals surface area contributed by atoms with E-state index in [9.17, 15) is 18.7 Å². The zero-order valence-corrected chi connectivity index (χ0v) is 16.2. The van der Waals surface area contributed by atoms with Crippen molar-refractivity contribution in [1.29, 1.82) is 0 Å². The molecular formula is C21H21F2NO5. The number of halogens is 2. The molecule has 0 saturated heterocycles. The van der Waals surface area contributed by atoms with Crippen molar-refractivity contribution in [2.24, 2.45) is 0 Å². The van der Waals surface area contributed by atoms with Gasteiger partial charge in [-0.3, -0.25) is 4.90 Å². The first kappa shape index (κ1) is 20.6. The van der Waals surface area contributed by atoms with Crippen molar-refractivity contribution in [3.8, 4) is 17.2 Å². The summed E-state index contributed by atoms with van der Waals surface area (Å²) in [6.07, 6.45) is 0. The maximum Gasteiger partial charge on any atom is 0.387 e. The number of alkyl halides is 2. The Hall–Kier alpha value is -3.13. The molecule has 0 amide bonds. The molecule has 3 rings (SSSR count). The lowest BCUT2D eigenvalue weighted by molar-refractivity contribution is -0.0512. The molecule has 0 atom stereocenters. The second kappa shape index (κ2) is 8.48. The number of nitrogens with zero attached hydrogens (tertiary/aromatic N) is 1. The lowest BCUT2D eigenvalue weighted by atomic mass is 10.1. The molecule has 0 spiro atoms. The van der Waals surface area contributed by atoms with E-state index in [1.807, 2.05) is 11.9 Å². The topological polar surface area (TPSA) is 72.1 Å². The van der Waals surface area contributed by atoms with E-state index < -0.39 is 12.2 Å². The van der Waals surface area contributed by atoms with Gasteiger partial charge in [0, 0.05) is 30.1 Å². The average molecular weight is 405 g/mol. The van der Waals surface area contributed by atoms with Crippen LogP contribution in [-0.4, -0.2) is 30.8 Å².